The van der Waals surface area contributed by atoms with Crippen LogP contribution in [-0.2, 0) is 0 Å². The summed E-state index contributed by atoms with van der Waals surface area (Å²) in [5.74, 6) is 1.76. The molecule has 1 aliphatic rings. The Morgan fingerprint density at radius 3 is 2.67 bits per heavy atom. The minimum atomic E-state index is -0.391. The minimum Gasteiger partial charge on any atom is -0.387 e. The van der Waals surface area contributed by atoms with E-state index in [-0.39, 0.29) is 0 Å². The van der Waals surface area contributed by atoms with E-state index in [0.717, 1.165) is 44.0 Å². The number of aliphatic hydroxyl groups is 1. The molecule has 0 aliphatic carbocycles. The lowest BCUT2D eigenvalue weighted by atomic mass is 10.1. The van der Waals surface area contributed by atoms with E-state index in [0.29, 0.717) is 5.92 Å². The number of thioether (sulfide) groups is 1. The molecule has 1 fully saturated rings. The molecule has 1 atom stereocenters. The number of aryl methyl sites for hydroxylation is 1. The third kappa shape index (κ3) is 5.29. The van der Waals surface area contributed by atoms with E-state index >= 15 is 0 Å². The van der Waals surface area contributed by atoms with Crippen molar-refractivity contribution in [3.8, 4) is 0 Å². The summed E-state index contributed by atoms with van der Waals surface area (Å²) < 4.78 is 0. The largest absolute Gasteiger partial charge is 0.387 e. The number of nitrogens with one attached hydrogen (secondary N) is 1. The summed E-state index contributed by atoms with van der Waals surface area (Å²) in [6.07, 6.45) is -0.391. The maximum Gasteiger partial charge on any atom is 0.0927 e. The van der Waals surface area contributed by atoms with Crippen LogP contribution in [0.15, 0.2) is 23.1 Å². The zero-order valence-electron chi connectivity index (χ0n) is 13.4. The Hall–Kier alpha value is -0.550. The molecule has 1 saturated heterocycles. The van der Waals surface area contributed by atoms with E-state index in [9.17, 15) is 5.11 Å². The minimum absolute atomic E-state index is 0.391. The Bertz CT molecular complexity index is 444. The number of piperazine rings is 1. The Balaban J connectivity index is 2.06. The van der Waals surface area contributed by atoms with E-state index in [4.69, 9.17) is 0 Å². The maximum atomic E-state index is 10.7. The molecule has 0 spiro atoms. The second kappa shape index (κ2) is 8.18. The molecule has 0 aromatic heterocycles. The van der Waals surface area contributed by atoms with Crippen LogP contribution >= 0.6 is 11.8 Å². The fourth-order valence-corrected chi connectivity index (χ4v) is 3.59. The molecule has 3 nitrogen and oxygen atoms in total. The smallest absolute Gasteiger partial charge is 0.0927 e. The third-order valence-corrected chi connectivity index (χ3v) is 5.25. The SMILES string of the molecule is Cc1ccc(SCC(C)C)c(C(O)CN2CCNCC2)c1. The number of benzene rings is 1. The molecule has 4 heteroatoms. The standard InChI is InChI=1S/C17H28N2OS/c1-13(2)12-21-17-5-4-14(3)10-15(17)16(20)11-19-8-6-18-7-9-19/h4-5,10,13,16,18,20H,6-9,11-12H2,1-3H3. The van der Waals surface area contributed by atoms with Crippen LogP contribution in [-0.4, -0.2) is 48.5 Å². The fourth-order valence-electron chi connectivity index (χ4n) is 2.55. The Morgan fingerprint density at radius 1 is 1.29 bits per heavy atom. The highest BCUT2D eigenvalue weighted by Gasteiger charge is 2.18. The lowest BCUT2D eigenvalue weighted by Gasteiger charge is -2.29. The van der Waals surface area contributed by atoms with Crippen LogP contribution < -0.4 is 5.32 Å². The fraction of sp³-hybridized carbons (Fsp3) is 0.647. The van der Waals surface area contributed by atoms with Crippen molar-refractivity contribution in [2.24, 2.45) is 5.92 Å². The Labute approximate surface area is 133 Å². The van der Waals surface area contributed by atoms with Crippen molar-refractivity contribution >= 4 is 11.8 Å². The summed E-state index contributed by atoms with van der Waals surface area (Å²) in [4.78, 5) is 3.58. The molecule has 0 bridgehead atoms. The van der Waals surface area contributed by atoms with Crippen LogP contribution in [0.25, 0.3) is 0 Å². The molecule has 1 aromatic carbocycles. The van der Waals surface area contributed by atoms with Crippen LogP contribution in [0.2, 0.25) is 0 Å². The average Bonchev–Trinajstić information content (AvgIpc) is 2.46. The summed E-state index contributed by atoms with van der Waals surface area (Å²) >= 11 is 1.86. The number of nitrogens with zero attached hydrogens (tertiary/aromatic N) is 1. The van der Waals surface area contributed by atoms with E-state index in [2.05, 4.69) is 49.2 Å². The number of aliphatic hydroxyl groups excluding tert-OH is 1. The quantitative estimate of drug-likeness (QED) is 0.792. The zero-order chi connectivity index (χ0) is 15.2. The summed E-state index contributed by atoms with van der Waals surface area (Å²) in [5.41, 5.74) is 2.32. The molecule has 0 saturated carbocycles. The van der Waals surface area contributed by atoms with Crippen LogP contribution in [0, 0.1) is 12.8 Å². The molecular formula is C17H28N2OS. The van der Waals surface area contributed by atoms with E-state index < -0.39 is 6.10 Å². The molecule has 1 aromatic rings. The van der Waals surface area contributed by atoms with Gasteiger partial charge in [0.05, 0.1) is 6.10 Å². The van der Waals surface area contributed by atoms with Gasteiger partial charge in [0.2, 0.25) is 0 Å². The van der Waals surface area contributed by atoms with E-state index in [1.807, 2.05) is 11.8 Å². The molecule has 1 aliphatic heterocycles. The van der Waals surface area contributed by atoms with Crippen molar-refractivity contribution in [3.05, 3.63) is 29.3 Å². The van der Waals surface area contributed by atoms with Gasteiger partial charge in [0, 0.05) is 43.4 Å². The highest BCUT2D eigenvalue weighted by atomic mass is 32.2. The Morgan fingerprint density at radius 2 is 2.00 bits per heavy atom. The van der Waals surface area contributed by atoms with Crippen molar-refractivity contribution in [2.45, 2.75) is 31.8 Å². The first-order chi connectivity index (χ1) is 10.1. The molecule has 2 N–H and O–H groups in total. The van der Waals surface area contributed by atoms with Crippen molar-refractivity contribution in [3.63, 3.8) is 0 Å². The van der Waals surface area contributed by atoms with Gasteiger partial charge in [-0.1, -0.05) is 31.5 Å². The van der Waals surface area contributed by atoms with Crippen molar-refractivity contribution in [1.29, 1.82) is 0 Å². The van der Waals surface area contributed by atoms with Crippen LogP contribution in [0.1, 0.15) is 31.1 Å². The number of rotatable bonds is 6. The second-order valence-corrected chi connectivity index (χ2v) is 7.37. The van der Waals surface area contributed by atoms with Gasteiger partial charge in [-0.25, -0.2) is 0 Å². The monoisotopic (exact) mass is 308 g/mol. The molecular weight excluding hydrogens is 280 g/mol. The number of hydrogen-bond donors (Lipinski definition) is 2. The lowest BCUT2D eigenvalue weighted by molar-refractivity contribution is 0.104. The molecule has 0 radical (unpaired) electrons. The average molecular weight is 308 g/mol. The summed E-state index contributed by atoms with van der Waals surface area (Å²) in [7, 11) is 0. The summed E-state index contributed by atoms with van der Waals surface area (Å²) in [6.45, 7) is 11.4. The normalized spacial score (nSPS) is 18.1. The summed E-state index contributed by atoms with van der Waals surface area (Å²) in [5, 5.41) is 14.0. The van der Waals surface area contributed by atoms with Gasteiger partial charge < -0.3 is 10.4 Å². The van der Waals surface area contributed by atoms with Crippen molar-refractivity contribution in [1.82, 2.24) is 10.2 Å². The predicted octanol–water partition coefficient (Wildman–Crippen LogP) is 2.68. The van der Waals surface area contributed by atoms with Gasteiger partial charge in [0.1, 0.15) is 0 Å². The highest BCUT2D eigenvalue weighted by Crippen LogP contribution is 2.30. The predicted molar refractivity (Wildman–Crippen MR) is 91.0 cm³/mol. The summed E-state index contributed by atoms with van der Waals surface area (Å²) in [6, 6.07) is 6.46. The van der Waals surface area contributed by atoms with Gasteiger partial charge in [0.15, 0.2) is 0 Å². The van der Waals surface area contributed by atoms with Gasteiger partial charge >= 0.3 is 0 Å². The van der Waals surface area contributed by atoms with Crippen LogP contribution in [0.3, 0.4) is 0 Å². The Kier molecular flexibility index (Phi) is 6.55. The van der Waals surface area contributed by atoms with E-state index in [1.165, 1.54) is 10.5 Å². The first-order valence-corrected chi connectivity index (χ1v) is 8.89. The zero-order valence-corrected chi connectivity index (χ0v) is 14.2. The maximum absolute atomic E-state index is 10.7. The van der Waals surface area contributed by atoms with Gasteiger partial charge in [-0.3, -0.25) is 4.90 Å². The molecule has 21 heavy (non-hydrogen) atoms. The lowest BCUT2D eigenvalue weighted by Crippen LogP contribution is -2.45. The molecule has 0 amide bonds. The van der Waals surface area contributed by atoms with Crippen LogP contribution in [0.4, 0.5) is 0 Å². The molecule has 2 rings (SSSR count). The van der Waals surface area contributed by atoms with E-state index in [1.54, 1.807) is 0 Å². The van der Waals surface area contributed by atoms with Gasteiger partial charge in [0.25, 0.3) is 0 Å². The molecule has 1 heterocycles. The number of hydrogen-bond acceptors (Lipinski definition) is 4. The first kappa shape index (κ1) is 16.8. The first-order valence-electron chi connectivity index (χ1n) is 7.90. The van der Waals surface area contributed by atoms with Crippen molar-refractivity contribution < 1.29 is 5.11 Å². The molecule has 1 unspecified atom stereocenters. The van der Waals surface area contributed by atoms with Gasteiger partial charge in [-0.05, 0) is 24.5 Å². The molecule has 118 valence electrons. The number of β-amino-alcohol motifs (C(OH)–C–C–N with tert-alkyl or cyclic N) is 1. The second-order valence-electron chi connectivity index (χ2n) is 6.31. The van der Waals surface area contributed by atoms with Crippen LogP contribution in [0.5, 0.6) is 0 Å². The third-order valence-electron chi connectivity index (χ3n) is 3.74. The highest BCUT2D eigenvalue weighted by molar-refractivity contribution is 7.99. The topological polar surface area (TPSA) is 35.5 Å². The van der Waals surface area contributed by atoms with Crippen molar-refractivity contribution in [2.75, 3.05) is 38.5 Å². The van der Waals surface area contributed by atoms with Gasteiger partial charge in [-0.15, -0.1) is 11.8 Å². The van der Waals surface area contributed by atoms with Gasteiger partial charge in [-0.2, -0.15) is 0 Å².